The van der Waals surface area contributed by atoms with E-state index < -0.39 is 40.0 Å². The van der Waals surface area contributed by atoms with Gasteiger partial charge in [-0.2, -0.15) is 14.0 Å². The third-order valence-corrected chi connectivity index (χ3v) is 5.19. The largest absolute Gasteiger partial charge is 0.374 e. The maximum atomic E-state index is 15.8. The number of hydrogen-bond acceptors (Lipinski definition) is 5. The van der Waals surface area contributed by atoms with Crippen molar-refractivity contribution < 1.29 is 22.7 Å². The van der Waals surface area contributed by atoms with Gasteiger partial charge in [0, 0.05) is 41.3 Å². The molecule has 0 aliphatic carbocycles. The number of hydrogen-bond donors (Lipinski definition) is 1. The van der Waals surface area contributed by atoms with E-state index in [1.54, 1.807) is 24.3 Å². The van der Waals surface area contributed by atoms with Crippen LogP contribution in [0.4, 0.5) is 17.6 Å². The van der Waals surface area contributed by atoms with Crippen LogP contribution in [-0.4, -0.2) is 20.1 Å². The second-order valence-corrected chi connectivity index (χ2v) is 7.16. The van der Waals surface area contributed by atoms with Crippen LogP contribution < -0.4 is 0 Å². The zero-order valence-electron chi connectivity index (χ0n) is 16.8. The molecule has 4 aromatic rings. The fraction of sp³-hybridized carbons (Fsp3) is 0.0833. The monoisotopic (exact) mass is 450 g/mol. The SMILES string of the molecule is N#Cc1ccc(-c2ccc(C(F)(F)C(O)(c3cncnc3)c3ccc(F)cc3F)nc2)cc1. The summed E-state index contributed by atoms with van der Waals surface area (Å²) >= 11 is 0. The van der Waals surface area contributed by atoms with E-state index in [4.69, 9.17) is 5.26 Å². The summed E-state index contributed by atoms with van der Waals surface area (Å²) in [6.07, 6.45) is 4.09. The van der Waals surface area contributed by atoms with Crippen LogP contribution in [0.25, 0.3) is 11.1 Å². The van der Waals surface area contributed by atoms with E-state index >= 15 is 8.78 Å². The van der Waals surface area contributed by atoms with E-state index in [0.717, 1.165) is 36.9 Å². The minimum absolute atomic E-state index is 0.404. The molecule has 164 valence electrons. The van der Waals surface area contributed by atoms with Gasteiger partial charge in [0.15, 0.2) is 5.60 Å². The Morgan fingerprint density at radius 3 is 2.09 bits per heavy atom. The number of halogens is 4. The van der Waals surface area contributed by atoms with Crippen LogP contribution in [0.2, 0.25) is 0 Å². The molecule has 0 fully saturated rings. The van der Waals surface area contributed by atoms with Gasteiger partial charge in [0.25, 0.3) is 0 Å². The number of nitrogens with zero attached hydrogens (tertiary/aromatic N) is 4. The third kappa shape index (κ3) is 3.81. The molecule has 2 aromatic carbocycles. The average molecular weight is 450 g/mol. The van der Waals surface area contributed by atoms with Crippen molar-refractivity contribution in [3.8, 4) is 17.2 Å². The summed E-state index contributed by atoms with van der Waals surface area (Å²) in [4.78, 5) is 11.1. The van der Waals surface area contributed by atoms with Gasteiger partial charge < -0.3 is 5.11 Å². The van der Waals surface area contributed by atoms with Crippen molar-refractivity contribution in [2.45, 2.75) is 11.5 Å². The molecule has 0 spiro atoms. The number of rotatable bonds is 5. The Kier molecular flexibility index (Phi) is 5.62. The van der Waals surface area contributed by atoms with Crippen molar-refractivity contribution in [1.29, 1.82) is 5.26 Å². The topological polar surface area (TPSA) is 82.7 Å². The molecule has 2 heterocycles. The summed E-state index contributed by atoms with van der Waals surface area (Å²) in [5, 5.41) is 20.2. The number of aliphatic hydroxyl groups is 1. The van der Waals surface area contributed by atoms with Gasteiger partial charge in [-0.25, -0.2) is 18.7 Å². The zero-order chi connectivity index (χ0) is 23.6. The van der Waals surface area contributed by atoms with Crippen molar-refractivity contribution in [2.24, 2.45) is 0 Å². The standard InChI is InChI=1S/C24H14F4N4O/c25-19-6-7-20(21(26)9-19)23(33,18-12-30-14-31-13-18)24(27,28)22-8-5-17(11-32-22)16-3-1-15(10-29)2-4-16/h1-9,11-14,33H. The Balaban J connectivity index is 1.82. The van der Waals surface area contributed by atoms with E-state index in [1.807, 2.05) is 6.07 Å². The molecular weight excluding hydrogens is 436 g/mol. The first-order valence-electron chi connectivity index (χ1n) is 9.55. The van der Waals surface area contributed by atoms with Gasteiger partial charge >= 0.3 is 5.92 Å². The second-order valence-electron chi connectivity index (χ2n) is 7.16. The van der Waals surface area contributed by atoms with E-state index in [2.05, 4.69) is 15.0 Å². The highest BCUT2D eigenvalue weighted by atomic mass is 19.3. The lowest BCUT2D eigenvalue weighted by Gasteiger charge is -2.36. The highest BCUT2D eigenvalue weighted by molar-refractivity contribution is 5.63. The van der Waals surface area contributed by atoms with Gasteiger partial charge in [0.05, 0.1) is 11.6 Å². The lowest BCUT2D eigenvalue weighted by molar-refractivity contribution is -0.175. The molecule has 0 aliphatic rings. The van der Waals surface area contributed by atoms with E-state index in [0.29, 0.717) is 22.8 Å². The number of nitriles is 1. The zero-order valence-corrected chi connectivity index (χ0v) is 16.8. The van der Waals surface area contributed by atoms with E-state index in [-0.39, 0.29) is 0 Å². The smallest absolute Gasteiger partial charge is 0.326 e. The van der Waals surface area contributed by atoms with Crippen LogP contribution in [0.15, 0.2) is 79.5 Å². The maximum absolute atomic E-state index is 15.8. The van der Waals surface area contributed by atoms with Crippen LogP contribution in [-0.2, 0) is 11.5 Å². The van der Waals surface area contributed by atoms with Crippen LogP contribution in [0.3, 0.4) is 0 Å². The predicted octanol–water partition coefficient (Wildman–Crippen LogP) is 4.72. The van der Waals surface area contributed by atoms with Crippen LogP contribution >= 0.6 is 0 Å². The molecule has 1 atom stereocenters. The van der Waals surface area contributed by atoms with Gasteiger partial charge in [-0.05, 0) is 35.9 Å². The Hall–Kier alpha value is -4.16. The lowest BCUT2D eigenvalue weighted by Crippen LogP contribution is -2.45. The Bertz CT molecular complexity index is 1320. The first kappa shape index (κ1) is 22.0. The second kappa shape index (κ2) is 8.41. The van der Waals surface area contributed by atoms with Gasteiger partial charge in [0.1, 0.15) is 23.7 Å². The minimum Gasteiger partial charge on any atom is -0.374 e. The normalized spacial score (nSPS) is 13.2. The number of alkyl halides is 2. The molecule has 1 N–H and O–H groups in total. The van der Waals surface area contributed by atoms with Gasteiger partial charge in [-0.3, -0.25) is 4.98 Å². The van der Waals surface area contributed by atoms with Crippen molar-refractivity contribution in [1.82, 2.24) is 15.0 Å². The van der Waals surface area contributed by atoms with Crippen LogP contribution in [0.1, 0.15) is 22.4 Å². The van der Waals surface area contributed by atoms with Gasteiger partial charge in [0.2, 0.25) is 0 Å². The van der Waals surface area contributed by atoms with Gasteiger partial charge in [-0.1, -0.05) is 18.2 Å². The summed E-state index contributed by atoms with van der Waals surface area (Å²) in [7, 11) is 0. The predicted molar refractivity (Wildman–Crippen MR) is 110 cm³/mol. The van der Waals surface area contributed by atoms with E-state index in [9.17, 15) is 13.9 Å². The summed E-state index contributed by atoms with van der Waals surface area (Å²) in [6, 6.07) is 12.7. The van der Waals surface area contributed by atoms with Crippen molar-refractivity contribution >= 4 is 0 Å². The molecular formula is C24H14F4N4O. The highest BCUT2D eigenvalue weighted by Crippen LogP contribution is 2.49. The molecule has 1 unspecified atom stereocenters. The van der Waals surface area contributed by atoms with Crippen LogP contribution in [0, 0.1) is 23.0 Å². The molecule has 4 rings (SSSR count). The Morgan fingerprint density at radius 1 is 0.848 bits per heavy atom. The first-order chi connectivity index (χ1) is 15.8. The molecule has 0 saturated carbocycles. The molecule has 0 radical (unpaired) electrons. The number of pyridine rings is 1. The maximum Gasteiger partial charge on any atom is 0.326 e. The quantitative estimate of drug-likeness (QED) is 0.445. The number of aromatic nitrogens is 3. The van der Waals surface area contributed by atoms with Crippen molar-refractivity contribution in [2.75, 3.05) is 0 Å². The van der Waals surface area contributed by atoms with Crippen molar-refractivity contribution in [3.63, 3.8) is 0 Å². The average Bonchev–Trinajstić information content (AvgIpc) is 2.84. The summed E-state index contributed by atoms with van der Waals surface area (Å²) in [6.45, 7) is 0. The molecule has 33 heavy (non-hydrogen) atoms. The summed E-state index contributed by atoms with van der Waals surface area (Å²) in [5.74, 6) is -6.52. The van der Waals surface area contributed by atoms with Gasteiger partial charge in [-0.15, -0.1) is 0 Å². The number of benzene rings is 2. The van der Waals surface area contributed by atoms with E-state index in [1.165, 1.54) is 12.3 Å². The molecule has 0 aliphatic heterocycles. The summed E-state index contributed by atoms with van der Waals surface area (Å²) < 4.78 is 59.7. The molecule has 0 bridgehead atoms. The molecule has 0 saturated heterocycles. The van der Waals surface area contributed by atoms with Crippen molar-refractivity contribution in [3.05, 3.63) is 114 Å². The first-order valence-corrected chi connectivity index (χ1v) is 9.55. The Labute approximate surface area is 185 Å². The summed E-state index contributed by atoms with van der Waals surface area (Å²) in [5.41, 5.74) is -3.94. The highest BCUT2D eigenvalue weighted by Gasteiger charge is 2.58. The molecule has 9 heteroatoms. The van der Waals surface area contributed by atoms with Crippen LogP contribution in [0.5, 0.6) is 0 Å². The minimum atomic E-state index is -4.17. The Morgan fingerprint density at radius 2 is 1.52 bits per heavy atom. The third-order valence-electron chi connectivity index (χ3n) is 5.19. The lowest BCUT2D eigenvalue weighted by atomic mass is 9.80. The fourth-order valence-corrected chi connectivity index (χ4v) is 3.45. The molecule has 5 nitrogen and oxygen atoms in total. The molecule has 0 amide bonds. The fourth-order valence-electron chi connectivity index (χ4n) is 3.45. The molecule has 2 aromatic heterocycles.